The summed E-state index contributed by atoms with van der Waals surface area (Å²) >= 11 is 0. The van der Waals surface area contributed by atoms with E-state index in [1.807, 2.05) is 13.8 Å². The molecular formula is C8H16N6O. The van der Waals surface area contributed by atoms with Gasteiger partial charge in [0.15, 0.2) is 11.6 Å². The SMILES string of the molecule is CC.CNc1c(N)ncnc1N(C)N=O. The molecule has 0 aliphatic carbocycles. The van der Waals surface area contributed by atoms with Crippen LogP contribution in [-0.2, 0) is 0 Å². The Hall–Kier alpha value is -1.92. The summed E-state index contributed by atoms with van der Waals surface area (Å²) in [5.41, 5.74) is 6.03. The summed E-state index contributed by atoms with van der Waals surface area (Å²) in [6.07, 6.45) is 1.27. The zero-order valence-electron chi connectivity index (χ0n) is 9.35. The second kappa shape index (κ2) is 6.52. The Bertz CT molecular complexity index is 316. The molecule has 0 fully saturated rings. The first kappa shape index (κ1) is 13.1. The normalized spacial score (nSPS) is 8.53. The maximum absolute atomic E-state index is 10.2. The van der Waals surface area contributed by atoms with Crippen molar-refractivity contribution < 1.29 is 0 Å². The van der Waals surface area contributed by atoms with Crippen molar-refractivity contribution in [3.8, 4) is 0 Å². The second-order valence-corrected chi connectivity index (χ2v) is 2.31. The van der Waals surface area contributed by atoms with Crippen molar-refractivity contribution in [2.45, 2.75) is 13.8 Å². The monoisotopic (exact) mass is 212 g/mol. The van der Waals surface area contributed by atoms with Crippen molar-refractivity contribution in [3.05, 3.63) is 11.2 Å². The van der Waals surface area contributed by atoms with Gasteiger partial charge in [-0.1, -0.05) is 13.8 Å². The fourth-order valence-electron chi connectivity index (χ4n) is 0.913. The lowest BCUT2D eigenvalue weighted by Gasteiger charge is -2.12. The molecule has 0 aromatic carbocycles. The average molecular weight is 212 g/mol. The molecule has 0 atom stereocenters. The molecule has 0 spiro atoms. The van der Waals surface area contributed by atoms with Gasteiger partial charge in [-0.2, -0.15) is 0 Å². The number of rotatable bonds is 3. The van der Waals surface area contributed by atoms with Crippen LogP contribution in [0.25, 0.3) is 0 Å². The van der Waals surface area contributed by atoms with Gasteiger partial charge in [-0.25, -0.2) is 15.0 Å². The molecule has 1 aromatic heterocycles. The third-order valence-corrected chi connectivity index (χ3v) is 1.54. The van der Waals surface area contributed by atoms with Crippen LogP contribution in [0.5, 0.6) is 0 Å². The van der Waals surface area contributed by atoms with Gasteiger partial charge in [0.05, 0.1) is 5.29 Å². The highest BCUT2D eigenvalue weighted by Crippen LogP contribution is 2.25. The van der Waals surface area contributed by atoms with E-state index in [-0.39, 0.29) is 5.82 Å². The molecule has 0 aliphatic heterocycles. The van der Waals surface area contributed by atoms with E-state index in [9.17, 15) is 4.91 Å². The molecule has 1 aromatic rings. The van der Waals surface area contributed by atoms with E-state index < -0.39 is 0 Å². The van der Waals surface area contributed by atoms with Gasteiger partial charge in [-0.15, -0.1) is 4.91 Å². The lowest BCUT2D eigenvalue weighted by atomic mass is 10.4. The summed E-state index contributed by atoms with van der Waals surface area (Å²) in [6.45, 7) is 4.00. The number of aromatic nitrogens is 2. The number of hydrogen-bond acceptors (Lipinski definition) is 6. The molecule has 7 heteroatoms. The Kier molecular flexibility index (Phi) is 5.69. The molecule has 0 bridgehead atoms. The predicted octanol–water partition coefficient (Wildman–Crippen LogP) is 1.24. The lowest BCUT2D eigenvalue weighted by molar-refractivity contribution is 0.956. The molecule has 0 saturated carbocycles. The van der Waals surface area contributed by atoms with Gasteiger partial charge >= 0.3 is 0 Å². The smallest absolute Gasteiger partial charge is 0.180 e. The molecule has 1 rings (SSSR count). The first-order valence-electron chi connectivity index (χ1n) is 4.56. The van der Waals surface area contributed by atoms with Gasteiger partial charge < -0.3 is 11.1 Å². The molecule has 0 unspecified atom stereocenters. The van der Waals surface area contributed by atoms with Crippen LogP contribution in [0, 0.1) is 4.91 Å². The lowest BCUT2D eigenvalue weighted by Crippen LogP contribution is -2.13. The van der Waals surface area contributed by atoms with E-state index in [2.05, 4.69) is 20.6 Å². The molecule has 15 heavy (non-hydrogen) atoms. The van der Waals surface area contributed by atoms with Crippen LogP contribution < -0.4 is 16.1 Å². The van der Waals surface area contributed by atoms with E-state index in [1.54, 1.807) is 7.05 Å². The maximum atomic E-state index is 10.2. The van der Waals surface area contributed by atoms with E-state index in [1.165, 1.54) is 13.4 Å². The van der Waals surface area contributed by atoms with Crippen LogP contribution in [0.1, 0.15) is 13.8 Å². The molecule has 0 saturated heterocycles. The van der Waals surface area contributed by atoms with Crippen LogP contribution in [0.15, 0.2) is 11.6 Å². The summed E-state index contributed by atoms with van der Waals surface area (Å²) in [4.78, 5) is 17.9. The van der Waals surface area contributed by atoms with E-state index in [0.29, 0.717) is 11.5 Å². The number of nitrogen functional groups attached to an aromatic ring is 1. The van der Waals surface area contributed by atoms with Crippen LogP contribution in [0.3, 0.4) is 0 Å². The molecular weight excluding hydrogens is 196 g/mol. The van der Waals surface area contributed by atoms with Gasteiger partial charge in [-0.3, -0.25) is 0 Å². The Morgan fingerprint density at radius 3 is 2.53 bits per heavy atom. The Labute approximate surface area is 88.7 Å². The highest BCUT2D eigenvalue weighted by Gasteiger charge is 2.11. The average Bonchev–Trinajstić information content (AvgIpc) is 2.30. The predicted molar refractivity (Wildman–Crippen MR) is 61.5 cm³/mol. The largest absolute Gasteiger partial charge is 0.382 e. The highest BCUT2D eigenvalue weighted by molar-refractivity contribution is 5.75. The van der Waals surface area contributed by atoms with E-state index in [0.717, 1.165) is 5.01 Å². The number of anilines is 3. The maximum Gasteiger partial charge on any atom is 0.180 e. The number of nitrogens with zero attached hydrogens (tertiary/aromatic N) is 4. The van der Waals surface area contributed by atoms with Crippen LogP contribution in [-0.4, -0.2) is 24.1 Å². The van der Waals surface area contributed by atoms with Crippen LogP contribution in [0.2, 0.25) is 0 Å². The summed E-state index contributed by atoms with van der Waals surface area (Å²) in [5.74, 6) is 0.632. The van der Waals surface area contributed by atoms with Crippen molar-refractivity contribution in [2.24, 2.45) is 5.29 Å². The first-order chi connectivity index (χ1) is 7.20. The number of hydrogen-bond donors (Lipinski definition) is 2. The molecule has 0 amide bonds. The molecule has 84 valence electrons. The third-order valence-electron chi connectivity index (χ3n) is 1.54. The zero-order chi connectivity index (χ0) is 11.8. The van der Waals surface area contributed by atoms with E-state index >= 15 is 0 Å². The van der Waals surface area contributed by atoms with Crippen LogP contribution >= 0.6 is 0 Å². The second-order valence-electron chi connectivity index (χ2n) is 2.31. The molecule has 1 heterocycles. The van der Waals surface area contributed by atoms with Crippen molar-refractivity contribution in [3.63, 3.8) is 0 Å². The summed E-state index contributed by atoms with van der Waals surface area (Å²) in [5, 5.41) is 6.57. The van der Waals surface area contributed by atoms with Crippen molar-refractivity contribution in [2.75, 3.05) is 30.2 Å². The standard InChI is InChI=1S/C6H10N6O.C2H6/c1-8-4-5(7)9-3-10-6(4)12(2)11-13;1-2/h3,8H,1-2H3,(H2,7,9,10);1-2H3. The quantitative estimate of drug-likeness (QED) is 0.578. The van der Waals surface area contributed by atoms with Gasteiger partial charge in [0.25, 0.3) is 0 Å². The minimum Gasteiger partial charge on any atom is -0.382 e. The van der Waals surface area contributed by atoms with Gasteiger partial charge in [0.1, 0.15) is 12.0 Å². The topological polar surface area (TPSA) is 96.5 Å². The summed E-state index contributed by atoms with van der Waals surface area (Å²) in [6, 6.07) is 0. The minimum atomic E-state index is 0.281. The Balaban J connectivity index is 0.000000921. The van der Waals surface area contributed by atoms with Gasteiger partial charge in [0, 0.05) is 14.1 Å². The van der Waals surface area contributed by atoms with Crippen molar-refractivity contribution in [1.29, 1.82) is 0 Å². The minimum absolute atomic E-state index is 0.281. The number of nitrogens with two attached hydrogens (primary N) is 1. The number of nitrogens with one attached hydrogen (secondary N) is 1. The van der Waals surface area contributed by atoms with Gasteiger partial charge in [0.2, 0.25) is 0 Å². The third kappa shape index (κ3) is 3.04. The fourth-order valence-corrected chi connectivity index (χ4v) is 0.913. The molecule has 3 N–H and O–H groups in total. The van der Waals surface area contributed by atoms with Crippen molar-refractivity contribution in [1.82, 2.24) is 9.97 Å². The zero-order valence-corrected chi connectivity index (χ0v) is 9.35. The fraction of sp³-hybridized carbons (Fsp3) is 0.500. The first-order valence-corrected chi connectivity index (χ1v) is 4.56. The summed E-state index contributed by atoms with van der Waals surface area (Å²) < 4.78 is 0. The Morgan fingerprint density at radius 1 is 1.47 bits per heavy atom. The van der Waals surface area contributed by atoms with Gasteiger partial charge in [-0.05, 0) is 0 Å². The van der Waals surface area contributed by atoms with E-state index in [4.69, 9.17) is 5.73 Å². The summed E-state index contributed by atoms with van der Waals surface area (Å²) in [7, 11) is 3.15. The Morgan fingerprint density at radius 2 is 2.07 bits per heavy atom. The van der Waals surface area contributed by atoms with Crippen LogP contribution in [0.4, 0.5) is 17.3 Å². The molecule has 7 nitrogen and oxygen atoms in total. The number of nitroso groups, excluding NO2 is 1. The molecule has 0 radical (unpaired) electrons. The molecule has 0 aliphatic rings. The van der Waals surface area contributed by atoms with Crippen molar-refractivity contribution >= 4 is 17.3 Å². The highest BCUT2D eigenvalue weighted by atomic mass is 16.3.